The van der Waals surface area contributed by atoms with E-state index in [0.29, 0.717) is 11.3 Å². The third-order valence-electron chi connectivity index (χ3n) is 1.81. The number of carbonyl (C=O) groups is 1. The average molecular weight is 211 g/mol. The molecule has 0 spiro atoms. The number of nitrogens with zero attached hydrogens (tertiary/aromatic N) is 2. The molecule has 0 saturated carbocycles. The highest BCUT2D eigenvalue weighted by Gasteiger charge is 2.16. The second kappa shape index (κ2) is 3.31. The molecular formula is C9H7ClN2O2. The van der Waals surface area contributed by atoms with Crippen molar-refractivity contribution in [3.63, 3.8) is 0 Å². The van der Waals surface area contributed by atoms with E-state index in [-0.39, 0.29) is 11.0 Å². The first-order valence-corrected chi connectivity index (χ1v) is 4.33. The summed E-state index contributed by atoms with van der Waals surface area (Å²) in [5.41, 5.74) is 0.696. The molecule has 0 bridgehead atoms. The van der Waals surface area contributed by atoms with E-state index in [1.165, 1.54) is 12.3 Å². The maximum atomic E-state index is 11.7. The van der Waals surface area contributed by atoms with Crippen LogP contribution in [0.1, 0.15) is 16.1 Å². The van der Waals surface area contributed by atoms with E-state index in [4.69, 9.17) is 16.0 Å². The molecule has 2 aromatic heterocycles. The minimum Gasteiger partial charge on any atom is -0.452 e. The van der Waals surface area contributed by atoms with Crippen LogP contribution < -0.4 is 0 Å². The van der Waals surface area contributed by atoms with Crippen molar-refractivity contribution < 1.29 is 9.21 Å². The molecule has 72 valence electrons. The van der Waals surface area contributed by atoms with Gasteiger partial charge in [0.2, 0.25) is 11.0 Å². The molecule has 4 nitrogen and oxygen atoms in total. The molecule has 0 aliphatic rings. The second-order valence-electron chi connectivity index (χ2n) is 2.81. The number of rotatable bonds is 2. The minimum atomic E-state index is -0.232. The lowest BCUT2D eigenvalue weighted by Crippen LogP contribution is -2.02. The van der Waals surface area contributed by atoms with Gasteiger partial charge in [-0.25, -0.2) is 0 Å². The molecule has 2 aromatic rings. The Hall–Kier alpha value is -1.55. The first-order valence-electron chi connectivity index (χ1n) is 3.96. The molecule has 0 amide bonds. The van der Waals surface area contributed by atoms with Gasteiger partial charge in [0.1, 0.15) is 5.69 Å². The van der Waals surface area contributed by atoms with Crippen LogP contribution in [0.4, 0.5) is 0 Å². The molecule has 0 radical (unpaired) electrons. The van der Waals surface area contributed by atoms with Crippen molar-refractivity contribution in [3.05, 3.63) is 41.1 Å². The second-order valence-corrected chi connectivity index (χ2v) is 3.16. The van der Waals surface area contributed by atoms with Crippen molar-refractivity contribution in [2.24, 2.45) is 7.05 Å². The smallest absolute Gasteiger partial charge is 0.218 e. The summed E-state index contributed by atoms with van der Waals surface area (Å²) in [6.07, 6.45) is 3.07. The molecule has 0 aliphatic carbocycles. The Morgan fingerprint density at radius 2 is 2.36 bits per heavy atom. The van der Waals surface area contributed by atoms with E-state index in [2.05, 4.69) is 5.10 Å². The molecule has 0 atom stereocenters. The molecule has 5 heteroatoms. The standard InChI is InChI=1S/C9H7ClN2O2/c1-12-4-2-7(11-12)8(13)6-3-5-14-9(6)10/h2-5H,1H3. The van der Waals surface area contributed by atoms with Gasteiger partial charge in [-0.1, -0.05) is 0 Å². The van der Waals surface area contributed by atoms with Crippen LogP contribution in [0.3, 0.4) is 0 Å². The number of hydrogen-bond donors (Lipinski definition) is 0. The van der Waals surface area contributed by atoms with Crippen LogP contribution in [0.25, 0.3) is 0 Å². The van der Waals surface area contributed by atoms with Gasteiger partial charge < -0.3 is 4.42 Å². The predicted molar refractivity (Wildman–Crippen MR) is 50.4 cm³/mol. The third kappa shape index (κ3) is 1.44. The number of aromatic nitrogens is 2. The monoisotopic (exact) mass is 210 g/mol. The van der Waals surface area contributed by atoms with Crippen molar-refractivity contribution in [2.45, 2.75) is 0 Å². The van der Waals surface area contributed by atoms with Crippen molar-refractivity contribution in [1.82, 2.24) is 9.78 Å². The lowest BCUT2D eigenvalue weighted by Gasteiger charge is -1.92. The van der Waals surface area contributed by atoms with Crippen molar-refractivity contribution in [2.75, 3.05) is 0 Å². The predicted octanol–water partition coefficient (Wildman–Crippen LogP) is 1.90. The molecule has 0 aromatic carbocycles. The van der Waals surface area contributed by atoms with Crippen molar-refractivity contribution in [1.29, 1.82) is 0 Å². The fraction of sp³-hybridized carbons (Fsp3) is 0.111. The van der Waals surface area contributed by atoms with Crippen LogP contribution in [0.2, 0.25) is 5.22 Å². The first kappa shape index (κ1) is 9.02. The Morgan fingerprint density at radius 1 is 1.57 bits per heavy atom. The third-order valence-corrected chi connectivity index (χ3v) is 2.10. The van der Waals surface area contributed by atoms with Gasteiger partial charge in [-0.05, 0) is 23.7 Å². The highest BCUT2D eigenvalue weighted by atomic mass is 35.5. The summed E-state index contributed by atoms with van der Waals surface area (Å²) >= 11 is 5.67. The van der Waals surface area contributed by atoms with E-state index in [9.17, 15) is 4.79 Å². The zero-order valence-electron chi connectivity index (χ0n) is 7.40. The Bertz CT molecular complexity index is 473. The summed E-state index contributed by atoms with van der Waals surface area (Å²) in [5, 5.41) is 4.07. The fourth-order valence-corrected chi connectivity index (χ4v) is 1.33. The van der Waals surface area contributed by atoms with Crippen LogP contribution >= 0.6 is 11.6 Å². The molecule has 0 unspecified atom stereocenters. The van der Waals surface area contributed by atoms with Crippen LogP contribution in [0.15, 0.2) is 29.0 Å². The van der Waals surface area contributed by atoms with Gasteiger partial charge in [-0.2, -0.15) is 5.10 Å². The maximum absolute atomic E-state index is 11.7. The van der Waals surface area contributed by atoms with Crippen LogP contribution in [-0.2, 0) is 7.05 Å². The molecule has 0 saturated heterocycles. The summed E-state index contributed by atoms with van der Waals surface area (Å²) in [6, 6.07) is 3.16. The number of carbonyl (C=O) groups excluding carboxylic acids is 1. The molecular weight excluding hydrogens is 204 g/mol. The molecule has 14 heavy (non-hydrogen) atoms. The number of furan rings is 1. The van der Waals surface area contributed by atoms with Gasteiger partial charge in [0.25, 0.3) is 0 Å². The molecule has 0 aliphatic heterocycles. The fourth-order valence-electron chi connectivity index (χ4n) is 1.13. The number of hydrogen-bond acceptors (Lipinski definition) is 3. The zero-order chi connectivity index (χ0) is 10.1. The Balaban J connectivity index is 2.38. The zero-order valence-corrected chi connectivity index (χ0v) is 8.15. The Kier molecular flexibility index (Phi) is 2.13. The van der Waals surface area contributed by atoms with Crippen molar-refractivity contribution >= 4 is 17.4 Å². The minimum absolute atomic E-state index is 0.0978. The Labute approximate surface area is 85.1 Å². The molecule has 2 rings (SSSR count). The van der Waals surface area contributed by atoms with Gasteiger partial charge in [-0.15, -0.1) is 0 Å². The van der Waals surface area contributed by atoms with Crippen molar-refractivity contribution in [3.8, 4) is 0 Å². The first-order chi connectivity index (χ1) is 6.68. The summed E-state index contributed by atoms with van der Waals surface area (Å²) in [6.45, 7) is 0. The summed E-state index contributed by atoms with van der Waals surface area (Å²) < 4.78 is 6.38. The van der Waals surface area contributed by atoms with Gasteiger partial charge in [0.05, 0.1) is 11.8 Å². The molecule has 2 heterocycles. The van der Waals surface area contributed by atoms with E-state index in [0.717, 1.165) is 0 Å². The van der Waals surface area contributed by atoms with Gasteiger partial charge in [0, 0.05) is 13.2 Å². The normalized spacial score (nSPS) is 10.4. The largest absolute Gasteiger partial charge is 0.452 e. The highest BCUT2D eigenvalue weighted by molar-refractivity contribution is 6.33. The lowest BCUT2D eigenvalue weighted by atomic mass is 10.2. The number of aryl methyl sites for hydroxylation is 1. The highest BCUT2D eigenvalue weighted by Crippen LogP contribution is 2.19. The molecule has 0 fully saturated rings. The maximum Gasteiger partial charge on any atom is 0.218 e. The topological polar surface area (TPSA) is 48.0 Å². The SMILES string of the molecule is Cn1ccc(C(=O)c2ccoc2Cl)n1. The molecule has 0 N–H and O–H groups in total. The van der Waals surface area contributed by atoms with Gasteiger partial charge in [-0.3, -0.25) is 9.48 Å². The van der Waals surface area contributed by atoms with Crippen LogP contribution in [0.5, 0.6) is 0 Å². The van der Waals surface area contributed by atoms with E-state index in [1.54, 1.807) is 24.0 Å². The quantitative estimate of drug-likeness (QED) is 0.712. The summed E-state index contributed by atoms with van der Waals surface area (Å²) in [4.78, 5) is 11.7. The van der Waals surface area contributed by atoms with Crippen LogP contribution in [-0.4, -0.2) is 15.6 Å². The van der Waals surface area contributed by atoms with E-state index < -0.39 is 0 Å². The Morgan fingerprint density at radius 3 is 2.86 bits per heavy atom. The van der Waals surface area contributed by atoms with Gasteiger partial charge in [0.15, 0.2) is 0 Å². The van der Waals surface area contributed by atoms with Gasteiger partial charge >= 0.3 is 0 Å². The van der Waals surface area contributed by atoms with E-state index >= 15 is 0 Å². The van der Waals surface area contributed by atoms with Crippen LogP contribution in [0, 0.1) is 0 Å². The average Bonchev–Trinajstić information content (AvgIpc) is 2.73. The number of halogens is 1. The summed E-state index contributed by atoms with van der Waals surface area (Å²) in [7, 11) is 1.74. The lowest BCUT2D eigenvalue weighted by molar-refractivity contribution is 0.103. The summed E-state index contributed by atoms with van der Waals surface area (Å²) in [5.74, 6) is -0.232. The number of ketones is 1. The van der Waals surface area contributed by atoms with E-state index in [1.807, 2.05) is 0 Å².